The average Bonchev–Trinajstić information content (AvgIpc) is 2.57. The Labute approximate surface area is 141 Å². The molecule has 7 heteroatoms. The topological polar surface area (TPSA) is 56.0 Å². The van der Waals surface area contributed by atoms with E-state index >= 15 is 0 Å². The largest absolute Gasteiger partial charge is 0.329 e. The molecule has 2 aromatic rings. The molecule has 0 bridgehead atoms. The van der Waals surface area contributed by atoms with Gasteiger partial charge in [-0.15, -0.1) is 0 Å². The third kappa shape index (κ3) is 3.90. The van der Waals surface area contributed by atoms with E-state index in [9.17, 15) is 8.42 Å². The van der Waals surface area contributed by atoms with Crippen molar-refractivity contribution in [3.05, 3.63) is 59.4 Å². The SMILES string of the molecule is O=S(=O)(c1ccc(Cl)cc1)N1CC[NH+](Cc2cc[nH+]cc2)CC1. The van der Waals surface area contributed by atoms with Crippen molar-refractivity contribution in [2.45, 2.75) is 11.4 Å². The molecule has 1 fully saturated rings. The van der Waals surface area contributed by atoms with E-state index in [4.69, 9.17) is 11.6 Å². The maximum absolute atomic E-state index is 12.6. The molecular weight excluding hydrogens is 334 g/mol. The molecule has 0 amide bonds. The Morgan fingerprint density at radius 3 is 2.26 bits per heavy atom. The van der Waals surface area contributed by atoms with Gasteiger partial charge in [0.25, 0.3) is 0 Å². The van der Waals surface area contributed by atoms with Gasteiger partial charge >= 0.3 is 0 Å². The first-order valence-corrected chi connectivity index (χ1v) is 9.42. The zero-order valence-electron chi connectivity index (χ0n) is 12.7. The summed E-state index contributed by atoms with van der Waals surface area (Å²) in [5.41, 5.74) is 1.26. The smallest absolute Gasteiger partial charge is 0.243 e. The lowest BCUT2D eigenvalue weighted by Gasteiger charge is -2.31. The van der Waals surface area contributed by atoms with Crippen LogP contribution in [0, 0.1) is 0 Å². The molecule has 0 unspecified atom stereocenters. The lowest BCUT2D eigenvalue weighted by molar-refractivity contribution is -0.917. The van der Waals surface area contributed by atoms with Gasteiger partial charge in [-0.05, 0) is 24.3 Å². The Bertz CT molecular complexity index is 743. The van der Waals surface area contributed by atoms with Crippen LogP contribution in [0.25, 0.3) is 0 Å². The quantitative estimate of drug-likeness (QED) is 0.856. The highest BCUT2D eigenvalue weighted by atomic mass is 35.5. The first-order chi connectivity index (χ1) is 11.1. The summed E-state index contributed by atoms with van der Waals surface area (Å²) < 4.78 is 26.8. The van der Waals surface area contributed by atoms with Crippen LogP contribution in [0.2, 0.25) is 5.02 Å². The lowest BCUT2D eigenvalue weighted by Crippen LogP contribution is -3.13. The molecule has 1 saturated heterocycles. The fraction of sp³-hybridized carbons (Fsp3) is 0.312. The maximum Gasteiger partial charge on any atom is 0.243 e. The van der Waals surface area contributed by atoms with E-state index in [0.717, 1.165) is 19.6 Å². The number of hydrogen-bond donors (Lipinski definition) is 1. The van der Waals surface area contributed by atoms with Crippen molar-refractivity contribution in [3.63, 3.8) is 0 Å². The van der Waals surface area contributed by atoms with Crippen LogP contribution in [-0.2, 0) is 16.6 Å². The second kappa shape index (κ2) is 6.97. The second-order valence-electron chi connectivity index (χ2n) is 5.69. The number of aromatic nitrogens is 1. The number of pyridine rings is 1. The Morgan fingerprint density at radius 2 is 1.65 bits per heavy atom. The number of sulfonamides is 1. The van der Waals surface area contributed by atoms with E-state index < -0.39 is 10.0 Å². The summed E-state index contributed by atoms with van der Waals surface area (Å²) >= 11 is 5.83. The fourth-order valence-corrected chi connectivity index (χ4v) is 4.37. The van der Waals surface area contributed by atoms with E-state index in [0.29, 0.717) is 23.0 Å². The molecule has 122 valence electrons. The van der Waals surface area contributed by atoms with Crippen molar-refractivity contribution < 1.29 is 18.3 Å². The van der Waals surface area contributed by atoms with Gasteiger partial charge in [-0.25, -0.2) is 13.4 Å². The van der Waals surface area contributed by atoms with Gasteiger partial charge in [0.05, 0.1) is 31.1 Å². The first-order valence-electron chi connectivity index (χ1n) is 7.60. The first kappa shape index (κ1) is 16.4. The van der Waals surface area contributed by atoms with Crippen molar-refractivity contribution in [2.24, 2.45) is 0 Å². The molecule has 0 atom stereocenters. The molecule has 2 heterocycles. The monoisotopic (exact) mass is 353 g/mol. The normalized spacial score (nSPS) is 17.3. The molecule has 5 nitrogen and oxygen atoms in total. The Morgan fingerprint density at radius 1 is 1.04 bits per heavy atom. The van der Waals surface area contributed by atoms with Gasteiger partial charge in [0.1, 0.15) is 6.54 Å². The molecule has 0 radical (unpaired) electrons. The van der Waals surface area contributed by atoms with E-state index in [1.54, 1.807) is 28.6 Å². The number of H-pyrrole nitrogens is 1. The summed E-state index contributed by atoms with van der Waals surface area (Å²) in [6.45, 7) is 3.62. The van der Waals surface area contributed by atoms with Gasteiger partial charge in [-0.1, -0.05) is 11.6 Å². The number of quaternary nitrogens is 1. The minimum Gasteiger partial charge on any atom is -0.329 e. The molecule has 0 saturated carbocycles. The van der Waals surface area contributed by atoms with E-state index in [1.807, 2.05) is 12.4 Å². The third-order valence-electron chi connectivity index (χ3n) is 4.12. The third-order valence-corrected chi connectivity index (χ3v) is 6.29. The Hall–Kier alpha value is -1.47. The van der Waals surface area contributed by atoms with Gasteiger partial charge in [0.15, 0.2) is 12.4 Å². The zero-order chi connectivity index (χ0) is 16.3. The minimum atomic E-state index is -3.42. The van der Waals surface area contributed by atoms with Crippen LogP contribution in [0.3, 0.4) is 0 Å². The average molecular weight is 354 g/mol. The van der Waals surface area contributed by atoms with Gasteiger partial charge in [0, 0.05) is 22.7 Å². The summed E-state index contributed by atoms with van der Waals surface area (Å²) in [5.74, 6) is 0. The van der Waals surface area contributed by atoms with Crippen LogP contribution in [0.1, 0.15) is 5.56 Å². The van der Waals surface area contributed by atoms with Crippen LogP contribution >= 0.6 is 11.6 Å². The molecule has 1 aromatic heterocycles. The van der Waals surface area contributed by atoms with E-state index in [1.165, 1.54) is 10.5 Å². The highest BCUT2D eigenvalue weighted by Crippen LogP contribution is 2.18. The van der Waals surface area contributed by atoms with Crippen molar-refractivity contribution in [1.82, 2.24) is 4.31 Å². The summed E-state index contributed by atoms with van der Waals surface area (Å²) in [6, 6.07) is 10.5. The summed E-state index contributed by atoms with van der Waals surface area (Å²) in [5, 5.41) is 0.540. The molecule has 23 heavy (non-hydrogen) atoms. The van der Waals surface area contributed by atoms with Crippen LogP contribution < -0.4 is 9.88 Å². The number of piperazine rings is 1. The number of aromatic amines is 1. The van der Waals surface area contributed by atoms with Gasteiger partial charge in [-0.3, -0.25) is 0 Å². The second-order valence-corrected chi connectivity index (χ2v) is 8.07. The molecular formula is C16H20ClN3O2S+2. The fourth-order valence-electron chi connectivity index (χ4n) is 2.80. The van der Waals surface area contributed by atoms with Crippen molar-refractivity contribution >= 4 is 21.6 Å². The van der Waals surface area contributed by atoms with Crippen LogP contribution in [-0.4, -0.2) is 38.9 Å². The van der Waals surface area contributed by atoms with E-state index in [2.05, 4.69) is 17.1 Å². The van der Waals surface area contributed by atoms with E-state index in [-0.39, 0.29) is 0 Å². The summed E-state index contributed by atoms with van der Waals surface area (Å²) in [4.78, 5) is 4.72. The molecule has 3 rings (SSSR count). The standard InChI is InChI=1S/C16H18ClN3O2S/c17-15-1-3-16(4-2-15)23(21,22)20-11-9-19(10-12-20)13-14-5-7-18-8-6-14/h1-8H,9-13H2/p+2. The maximum atomic E-state index is 12.6. The van der Waals surface area contributed by atoms with Crippen molar-refractivity contribution in [2.75, 3.05) is 26.2 Å². The molecule has 1 aromatic carbocycles. The highest BCUT2D eigenvalue weighted by Gasteiger charge is 2.30. The Kier molecular flexibility index (Phi) is 4.96. The van der Waals surface area contributed by atoms with Crippen molar-refractivity contribution in [1.29, 1.82) is 0 Å². The Balaban J connectivity index is 1.63. The number of nitrogens with zero attached hydrogens (tertiary/aromatic N) is 1. The van der Waals surface area contributed by atoms with Crippen molar-refractivity contribution in [3.8, 4) is 0 Å². The minimum absolute atomic E-state index is 0.309. The highest BCUT2D eigenvalue weighted by molar-refractivity contribution is 7.89. The van der Waals surface area contributed by atoms with Gasteiger partial charge < -0.3 is 4.90 Å². The van der Waals surface area contributed by atoms with Crippen LogP contribution in [0.15, 0.2) is 53.7 Å². The molecule has 2 N–H and O–H groups in total. The summed E-state index contributed by atoms with van der Waals surface area (Å²) in [7, 11) is -3.42. The number of hydrogen-bond acceptors (Lipinski definition) is 2. The molecule has 0 aliphatic carbocycles. The zero-order valence-corrected chi connectivity index (χ0v) is 14.3. The number of rotatable bonds is 4. The molecule has 1 aliphatic heterocycles. The van der Waals surface area contributed by atoms with Gasteiger partial charge in [0.2, 0.25) is 10.0 Å². The predicted octanol–water partition coefficient (Wildman–Crippen LogP) is 0.244. The molecule has 1 aliphatic rings. The number of halogens is 1. The van der Waals surface area contributed by atoms with Gasteiger partial charge in [-0.2, -0.15) is 4.31 Å². The number of benzene rings is 1. The lowest BCUT2D eigenvalue weighted by atomic mass is 10.2. The van der Waals surface area contributed by atoms with Crippen LogP contribution in [0.4, 0.5) is 0 Å². The number of nitrogens with one attached hydrogen (secondary N) is 2. The predicted molar refractivity (Wildman–Crippen MR) is 87.6 cm³/mol. The molecule has 0 spiro atoms. The summed E-state index contributed by atoms with van der Waals surface area (Å²) in [6.07, 6.45) is 3.83. The van der Waals surface area contributed by atoms with Crippen LogP contribution in [0.5, 0.6) is 0 Å².